The third-order valence-electron chi connectivity index (χ3n) is 5.04. The minimum Gasteiger partial charge on any atom is -0.384 e. The summed E-state index contributed by atoms with van der Waals surface area (Å²) in [7, 11) is 1.70. The molecule has 22 heavy (non-hydrogen) atoms. The predicted octanol–water partition coefficient (Wildman–Crippen LogP) is 2.91. The van der Waals surface area contributed by atoms with Gasteiger partial charge in [-0.3, -0.25) is 4.79 Å². The van der Waals surface area contributed by atoms with Crippen LogP contribution in [0.15, 0.2) is 30.3 Å². The largest absolute Gasteiger partial charge is 0.384 e. The number of anilines is 1. The standard InChI is InChI=1S/C18H26N2O2/c1-22-14-18(10-6-11-18)17(21)20-12-5-9-16(13-20)19-15-7-3-2-4-8-15/h2-4,7-8,16,19H,5-6,9-14H2,1H3/t16-/m0/s1. The van der Waals surface area contributed by atoms with Crippen molar-refractivity contribution in [3.8, 4) is 0 Å². The van der Waals surface area contributed by atoms with Crippen LogP contribution in [0.3, 0.4) is 0 Å². The van der Waals surface area contributed by atoms with Gasteiger partial charge < -0.3 is 15.0 Å². The van der Waals surface area contributed by atoms with Crippen molar-refractivity contribution < 1.29 is 9.53 Å². The second kappa shape index (κ2) is 6.69. The zero-order chi connectivity index (χ0) is 15.4. The average molecular weight is 302 g/mol. The quantitative estimate of drug-likeness (QED) is 0.909. The van der Waals surface area contributed by atoms with Crippen LogP contribution in [0.1, 0.15) is 32.1 Å². The number of hydrogen-bond donors (Lipinski definition) is 1. The zero-order valence-corrected chi connectivity index (χ0v) is 13.4. The third kappa shape index (κ3) is 3.12. The Bertz CT molecular complexity index is 499. The topological polar surface area (TPSA) is 41.6 Å². The fourth-order valence-electron chi connectivity index (χ4n) is 3.68. The average Bonchev–Trinajstić information content (AvgIpc) is 2.51. The van der Waals surface area contributed by atoms with Crippen LogP contribution in [0, 0.1) is 5.41 Å². The van der Waals surface area contributed by atoms with Crippen molar-refractivity contribution in [3.05, 3.63) is 30.3 Å². The molecule has 3 rings (SSSR count). The monoisotopic (exact) mass is 302 g/mol. The number of methoxy groups -OCH3 is 1. The van der Waals surface area contributed by atoms with Crippen molar-refractivity contribution in [2.45, 2.75) is 38.1 Å². The molecule has 0 spiro atoms. The van der Waals surface area contributed by atoms with Gasteiger partial charge in [-0.15, -0.1) is 0 Å². The van der Waals surface area contributed by atoms with Gasteiger partial charge >= 0.3 is 0 Å². The fraction of sp³-hybridized carbons (Fsp3) is 0.611. The highest BCUT2D eigenvalue weighted by molar-refractivity contribution is 5.84. The number of carbonyl (C=O) groups excluding carboxylic acids is 1. The Balaban J connectivity index is 1.61. The molecule has 120 valence electrons. The van der Waals surface area contributed by atoms with Gasteiger partial charge in [0.25, 0.3) is 0 Å². The number of nitrogens with one attached hydrogen (secondary N) is 1. The number of hydrogen-bond acceptors (Lipinski definition) is 3. The number of carbonyl (C=O) groups is 1. The van der Waals surface area contributed by atoms with Gasteiger partial charge in [0, 0.05) is 31.9 Å². The van der Waals surface area contributed by atoms with Gasteiger partial charge in [0.1, 0.15) is 0 Å². The molecule has 2 aliphatic rings. The molecule has 4 heteroatoms. The Morgan fingerprint density at radius 1 is 1.32 bits per heavy atom. The molecule has 1 aromatic rings. The van der Waals surface area contributed by atoms with Gasteiger partial charge in [0.15, 0.2) is 0 Å². The van der Waals surface area contributed by atoms with Crippen molar-refractivity contribution in [2.75, 3.05) is 32.1 Å². The molecule has 1 aliphatic heterocycles. The van der Waals surface area contributed by atoms with Crippen LogP contribution in [-0.2, 0) is 9.53 Å². The molecule has 0 aromatic heterocycles. The number of likely N-dealkylation sites (tertiary alicyclic amines) is 1. The number of para-hydroxylation sites is 1. The minimum atomic E-state index is -0.233. The highest BCUT2D eigenvalue weighted by Crippen LogP contribution is 2.43. The van der Waals surface area contributed by atoms with Crippen LogP contribution in [-0.4, -0.2) is 43.7 Å². The highest BCUT2D eigenvalue weighted by Gasteiger charge is 2.46. The van der Waals surface area contributed by atoms with Gasteiger partial charge in [0.2, 0.25) is 5.91 Å². The Labute approximate surface area is 132 Å². The predicted molar refractivity (Wildman–Crippen MR) is 87.8 cm³/mol. The first kappa shape index (κ1) is 15.3. The minimum absolute atomic E-state index is 0.233. The highest BCUT2D eigenvalue weighted by atomic mass is 16.5. The molecule has 2 fully saturated rings. The summed E-state index contributed by atoms with van der Waals surface area (Å²) in [6.07, 6.45) is 5.30. The molecule has 0 bridgehead atoms. The van der Waals surface area contributed by atoms with E-state index in [0.717, 1.165) is 50.9 Å². The number of amides is 1. The van der Waals surface area contributed by atoms with Gasteiger partial charge in [-0.05, 0) is 37.8 Å². The second-order valence-electron chi connectivity index (χ2n) is 6.67. The Morgan fingerprint density at radius 2 is 2.09 bits per heavy atom. The molecule has 1 N–H and O–H groups in total. The second-order valence-corrected chi connectivity index (χ2v) is 6.67. The van der Waals surface area contributed by atoms with E-state index >= 15 is 0 Å². The molecular formula is C18H26N2O2. The van der Waals surface area contributed by atoms with E-state index in [9.17, 15) is 4.79 Å². The maximum atomic E-state index is 12.9. The summed E-state index contributed by atoms with van der Waals surface area (Å²) >= 11 is 0. The third-order valence-corrected chi connectivity index (χ3v) is 5.04. The molecular weight excluding hydrogens is 276 g/mol. The Hall–Kier alpha value is -1.55. The maximum absolute atomic E-state index is 12.9. The van der Waals surface area contributed by atoms with Crippen LogP contribution in [0.5, 0.6) is 0 Å². The molecule has 1 aliphatic carbocycles. The van der Waals surface area contributed by atoms with Crippen LogP contribution >= 0.6 is 0 Å². The van der Waals surface area contributed by atoms with E-state index in [-0.39, 0.29) is 5.41 Å². The first-order valence-electron chi connectivity index (χ1n) is 8.33. The van der Waals surface area contributed by atoms with Gasteiger partial charge in [-0.25, -0.2) is 0 Å². The van der Waals surface area contributed by atoms with Gasteiger partial charge in [-0.2, -0.15) is 0 Å². The summed E-state index contributed by atoms with van der Waals surface area (Å²) < 4.78 is 5.32. The molecule has 1 saturated heterocycles. The van der Waals surface area contributed by atoms with Gasteiger partial charge in [0.05, 0.1) is 12.0 Å². The lowest BCUT2D eigenvalue weighted by atomic mass is 9.68. The van der Waals surface area contributed by atoms with Crippen LogP contribution in [0.2, 0.25) is 0 Å². The molecule has 4 nitrogen and oxygen atoms in total. The SMILES string of the molecule is COCC1(C(=O)N2CCC[C@H](Nc3ccccc3)C2)CCC1. The molecule has 0 radical (unpaired) electrons. The first-order chi connectivity index (χ1) is 10.7. The number of ether oxygens (including phenoxy) is 1. The number of nitrogens with zero attached hydrogens (tertiary/aromatic N) is 1. The van der Waals surface area contributed by atoms with Crippen LogP contribution < -0.4 is 5.32 Å². The van der Waals surface area contributed by atoms with Gasteiger partial charge in [-0.1, -0.05) is 24.6 Å². The van der Waals surface area contributed by atoms with Crippen molar-refractivity contribution in [2.24, 2.45) is 5.41 Å². The van der Waals surface area contributed by atoms with E-state index in [4.69, 9.17) is 4.74 Å². The van der Waals surface area contributed by atoms with E-state index < -0.39 is 0 Å². The summed E-state index contributed by atoms with van der Waals surface area (Å²) in [5.41, 5.74) is 0.903. The summed E-state index contributed by atoms with van der Waals surface area (Å²) in [6.45, 7) is 2.26. The van der Waals surface area contributed by atoms with E-state index in [2.05, 4.69) is 22.3 Å². The fourth-order valence-corrected chi connectivity index (χ4v) is 3.68. The Kier molecular flexibility index (Phi) is 4.67. The normalized spacial score (nSPS) is 23.7. The van der Waals surface area contributed by atoms with Crippen molar-refractivity contribution in [1.29, 1.82) is 0 Å². The van der Waals surface area contributed by atoms with E-state index in [1.165, 1.54) is 0 Å². The molecule has 1 atom stereocenters. The molecule has 1 heterocycles. The summed E-state index contributed by atoms with van der Waals surface area (Å²) in [6, 6.07) is 10.6. The number of benzene rings is 1. The first-order valence-corrected chi connectivity index (χ1v) is 8.33. The summed E-state index contributed by atoms with van der Waals surface area (Å²) in [5.74, 6) is 0.306. The lowest BCUT2D eigenvalue weighted by molar-refractivity contribution is -0.153. The molecule has 1 aromatic carbocycles. The Morgan fingerprint density at radius 3 is 2.73 bits per heavy atom. The van der Waals surface area contributed by atoms with Crippen molar-refractivity contribution in [3.63, 3.8) is 0 Å². The van der Waals surface area contributed by atoms with E-state index in [1.807, 2.05) is 18.2 Å². The summed E-state index contributed by atoms with van der Waals surface area (Å²) in [5, 5.41) is 3.56. The lowest BCUT2D eigenvalue weighted by Gasteiger charge is -2.45. The maximum Gasteiger partial charge on any atom is 0.231 e. The molecule has 0 unspecified atom stereocenters. The summed E-state index contributed by atoms with van der Waals surface area (Å²) in [4.78, 5) is 15.0. The van der Waals surface area contributed by atoms with Crippen molar-refractivity contribution >= 4 is 11.6 Å². The smallest absolute Gasteiger partial charge is 0.231 e. The number of rotatable bonds is 5. The van der Waals surface area contributed by atoms with E-state index in [0.29, 0.717) is 18.6 Å². The van der Waals surface area contributed by atoms with Crippen LogP contribution in [0.25, 0.3) is 0 Å². The molecule has 1 saturated carbocycles. The van der Waals surface area contributed by atoms with E-state index in [1.54, 1.807) is 7.11 Å². The van der Waals surface area contributed by atoms with Crippen molar-refractivity contribution in [1.82, 2.24) is 4.90 Å². The van der Waals surface area contributed by atoms with Crippen LogP contribution in [0.4, 0.5) is 5.69 Å². The zero-order valence-electron chi connectivity index (χ0n) is 13.4. The molecule has 1 amide bonds. The lowest BCUT2D eigenvalue weighted by Crippen LogP contribution is -2.54. The number of piperidine rings is 1.